The normalized spacial score (nSPS) is 19.1. The molecule has 0 aromatic carbocycles. The molecule has 108 valence electrons. The number of hydrogen-bond acceptors (Lipinski definition) is 10. The summed E-state index contributed by atoms with van der Waals surface area (Å²) in [6.07, 6.45) is -8.54. The first-order valence-corrected chi connectivity index (χ1v) is 6.08. The number of Topliss-reactive ketones (excluding diaryl/α,β-unsaturated/α-hetero) is 1. The zero-order valence-corrected chi connectivity index (χ0v) is 9.84. The van der Waals surface area contributed by atoms with Crippen molar-refractivity contribution in [1.82, 2.24) is 0 Å². The molecule has 0 unspecified atom stereocenters. The molecular formula is C7H13O10P-2. The van der Waals surface area contributed by atoms with E-state index in [0.29, 0.717) is 0 Å². The zero-order valence-electron chi connectivity index (χ0n) is 8.95. The van der Waals surface area contributed by atoms with Gasteiger partial charge in [-0.15, -0.1) is 0 Å². The second-order valence-corrected chi connectivity index (χ2v) is 4.51. The Balaban J connectivity index is 4.40. The highest BCUT2D eigenvalue weighted by atomic mass is 31.2. The van der Waals surface area contributed by atoms with E-state index in [4.69, 9.17) is 15.3 Å². The number of carbonyl (C=O) groups is 1. The van der Waals surface area contributed by atoms with Crippen molar-refractivity contribution in [3.05, 3.63) is 0 Å². The maximum Gasteiger partial charge on any atom is 0.189 e. The number of aliphatic hydroxyl groups excluding tert-OH is 5. The van der Waals surface area contributed by atoms with Crippen LogP contribution in [0.5, 0.6) is 0 Å². The molecule has 0 spiro atoms. The molecule has 0 aromatic heterocycles. The molecule has 0 heterocycles. The summed E-state index contributed by atoms with van der Waals surface area (Å²) in [5.41, 5.74) is 0. The van der Waals surface area contributed by atoms with Crippen LogP contribution in [0, 0.1) is 0 Å². The molecule has 10 nitrogen and oxygen atoms in total. The summed E-state index contributed by atoms with van der Waals surface area (Å²) < 4.78 is 13.7. The minimum atomic E-state index is -5.36. The van der Waals surface area contributed by atoms with E-state index in [1.54, 1.807) is 0 Å². The largest absolute Gasteiger partial charge is 0.790 e. The van der Waals surface area contributed by atoms with Gasteiger partial charge in [0.25, 0.3) is 0 Å². The van der Waals surface area contributed by atoms with Gasteiger partial charge in [0.2, 0.25) is 0 Å². The van der Waals surface area contributed by atoms with Gasteiger partial charge in [0.15, 0.2) is 5.78 Å². The minimum Gasteiger partial charge on any atom is -0.790 e. The van der Waals surface area contributed by atoms with Crippen LogP contribution >= 0.6 is 7.82 Å². The summed E-state index contributed by atoms with van der Waals surface area (Å²) in [5, 5.41) is 45.0. The second kappa shape index (κ2) is 7.24. The lowest BCUT2D eigenvalue weighted by atomic mass is 10.0. The molecule has 0 saturated heterocycles. The molecule has 5 N–H and O–H groups in total. The highest BCUT2D eigenvalue weighted by molar-refractivity contribution is 7.43. The Bertz CT molecular complexity index is 313. The monoisotopic (exact) mass is 288 g/mol. The average Bonchev–Trinajstić information content (AvgIpc) is 2.31. The van der Waals surface area contributed by atoms with Gasteiger partial charge in [0, 0.05) is 0 Å². The van der Waals surface area contributed by atoms with E-state index in [9.17, 15) is 29.4 Å². The van der Waals surface area contributed by atoms with Crippen LogP contribution in [0.25, 0.3) is 0 Å². The van der Waals surface area contributed by atoms with E-state index in [2.05, 4.69) is 4.52 Å². The lowest BCUT2D eigenvalue weighted by molar-refractivity contribution is -0.343. The van der Waals surface area contributed by atoms with E-state index in [0.717, 1.165) is 0 Å². The fourth-order valence-electron chi connectivity index (χ4n) is 0.965. The van der Waals surface area contributed by atoms with Crippen LogP contribution in [0.1, 0.15) is 0 Å². The summed E-state index contributed by atoms with van der Waals surface area (Å²) in [7, 11) is -5.36. The molecule has 0 aliphatic heterocycles. The van der Waals surface area contributed by atoms with Gasteiger partial charge in [-0.2, -0.15) is 0 Å². The van der Waals surface area contributed by atoms with Crippen molar-refractivity contribution in [2.75, 3.05) is 13.2 Å². The molecule has 0 amide bonds. The fraction of sp³-hybridized carbons (Fsp3) is 0.857. The third-order valence-electron chi connectivity index (χ3n) is 1.96. The van der Waals surface area contributed by atoms with Crippen LogP contribution in [-0.4, -0.2) is 68.9 Å². The Morgan fingerprint density at radius 3 is 2.06 bits per heavy atom. The lowest BCUT2D eigenvalue weighted by Gasteiger charge is -2.31. The van der Waals surface area contributed by atoms with Crippen LogP contribution in [0.4, 0.5) is 0 Å². The van der Waals surface area contributed by atoms with E-state index in [1.165, 1.54) is 0 Å². The Hall–Kier alpha value is -0.420. The van der Waals surface area contributed by atoms with Gasteiger partial charge >= 0.3 is 0 Å². The maximum atomic E-state index is 10.8. The summed E-state index contributed by atoms with van der Waals surface area (Å²) in [6.45, 7) is -2.25. The number of phosphoric acid groups is 1. The number of carbonyl (C=O) groups excluding carboxylic acids is 1. The highest BCUT2D eigenvalue weighted by Gasteiger charge is 2.34. The average molecular weight is 288 g/mol. The third-order valence-corrected chi connectivity index (χ3v) is 2.42. The van der Waals surface area contributed by atoms with Crippen LogP contribution in [0.15, 0.2) is 0 Å². The summed E-state index contributed by atoms with van der Waals surface area (Å²) >= 11 is 0. The van der Waals surface area contributed by atoms with Gasteiger partial charge in [-0.25, -0.2) is 0 Å². The fourth-order valence-corrected chi connectivity index (χ4v) is 1.30. The number of aliphatic hydroxyl groups is 5. The van der Waals surface area contributed by atoms with Crippen LogP contribution in [-0.2, 0) is 13.9 Å². The van der Waals surface area contributed by atoms with E-state index in [-0.39, 0.29) is 0 Å². The number of hydrogen-bond donors (Lipinski definition) is 5. The first kappa shape index (κ1) is 17.6. The van der Waals surface area contributed by atoms with Crippen LogP contribution in [0.2, 0.25) is 0 Å². The molecule has 0 rings (SSSR count). The molecule has 0 aromatic rings. The summed E-state index contributed by atoms with van der Waals surface area (Å²) in [6, 6.07) is 0. The molecule has 0 fully saturated rings. The number of phosphoric ester groups is 1. The van der Waals surface area contributed by atoms with Gasteiger partial charge < -0.3 is 44.4 Å². The Morgan fingerprint density at radius 2 is 1.67 bits per heavy atom. The molecule has 11 heteroatoms. The Labute approximate surface area is 101 Å². The number of ketones is 1. The van der Waals surface area contributed by atoms with Crippen molar-refractivity contribution >= 4 is 13.6 Å². The molecule has 0 bridgehead atoms. The molecule has 0 radical (unpaired) electrons. The van der Waals surface area contributed by atoms with E-state index >= 15 is 0 Å². The van der Waals surface area contributed by atoms with E-state index < -0.39 is 51.2 Å². The lowest BCUT2D eigenvalue weighted by Crippen LogP contribution is -2.49. The molecule has 0 saturated carbocycles. The SMILES string of the molecule is O=C(CO)[C@@H](O)[C@H](O)[C@H](O)[C@H](O)COP(=O)([O-])[O-]. The molecule has 18 heavy (non-hydrogen) atoms. The van der Waals surface area contributed by atoms with Gasteiger partial charge in [-0.05, 0) is 0 Å². The molecular weight excluding hydrogens is 275 g/mol. The predicted octanol–water partition coefficient (Wildman–Crippen LogP) is -5.16. The quantitative estimate of drug-likeness (QED) is 0.270. The molecule has 4 atom stereocenters. The van der Waals surface area contributed by atoms with E-state index in [1.807, 2.05) is 0 Å². The second-order valence-electron chi connectivity index (χ2n) is 3.36. The van der Waals surface area contributed by atoms with Crippen molar-refractivity contribution in [2.24, 2.45) is 0 Å². The Morgan fingerprint density at radius 1 is 1.17 bits per heavy atom. The zero-order chi connectivity index (χ0) is 14.5. The van der Waals surface area contributed by atoms with Crippen molar-refractivity contribution in [1.29, 1.82) is 0 Å². The Kier molecular flexibility index (Phi) is 7.07. The first-order valence-electron chi connectivity index (χ1n) is 4.62. The smallest absolute Gasteiger partial charge is 0.189 e. The topological polar surface area (TPSA) is 191 Å². The summed E-state index contributed by atoms with van der Waals surface area (Å²) in [5.74, 6) is -1.21. The van der Waals surface area contributed by atoms with Gasteiger partial charge in [-0.1, -0.05) is 0 Å². The summed E-state index contributed by atoms with van der Waals surface area (Å²) in [4.78, 5) is 30.9. The van der Waals surface area contributed by atoms with Crippen molar-refractivity contribution in [2.45, 2.75) is 24.4 Å². The minimum absolute atomic E-state index is 1.10. The van der Waals surface area contributed by atoms with Gasteiger partial charge in [-0.3, -0.25) is 4.79 Å². The van der Waals surface area contributed by atoms with Crippen molar-refractivity contribution in [3.63, 3.8) is 0 Å². The van der Waals surface area contributed by atoms with Gasteiger partial charge in [0.05, 0.1) is 14.4 Å². The van der Waals surface area contributed by atoms with Crippen molar-refractivity contribution in [3.8, 4) is 0 Å². The molecule has 0 aliphatic carbocycles. The van der Waals surface area contributed by atoms with Crippen LogP contribution in [0.3, 0.4) is 0 Å². The van der Waals surface area contributed by atoms with Crippen molar-refractivity contribution < 1.29 is 49.2 Å². The number of rotatable bonds is 8. The predicted molar refractivity (Wildman–Crippen MR) is 49.7 cm³/mol. The first-order chi connectivity index (χ1) is 8.10. The molecule has 0 aliphatic rings. The van der Waals surface area contributed by atoms with Gasteiger partial charge in [0.1, 0.15) is 31.0 Å². The maximum absolute atomic E-state index is 10.8. The standard InChI is InChI=1S/C7H15O10P/c8-1-3(9)5(11)7(13)6(12)4(10)2-17-18(14,15)16/h4-8,10-13H,1-2H2,(H2,14,15,16)/p-2/t4-,5-,6-,7+/m1/s1. The van der Waals surface area contributed by atoms with Crippen LogP contribution < -0.4 is 9.79 Å². The highest BCUT2D eigenvalue weighted by Crippen LogP contribution is 2.25. The third kappa shape index (κ3) is 5.96.